The summed E-state index contributed by atoms with van der Waals surface area (Å²) in [4.78, 5) is 10.4. The Kier molecular flexibility index (Phi) is 5.83. The first-order chi connectivity index (χ1) is 16.2. The largest absolute Gasteiger partial charge is 0.457 e. The van der Waals surface area contributed by atoms with E-state index in [-0.39, 0.29) is 6.04 Å². The first-order valence-electron chi connectivity index (χ1n) is 10.4. The van der Waals surface area contributed by atoms with Crippen LogP contribution < -0.4 is 19.7 Å². The number of anilines is 1. The number of rotatable bonds is 6. The van der Waals surface area contributed by atoms with Gasteiger partial charge in [-0.2, -0.15) is 0 Å². The Morgan fingerprint density at radius 2 is 1.67 bits per heavy atom. The van der Waals surface area contributed by atoms with Crippen molar-refractivity contribution in [3.05, 3.63) is 114 Å². The molecular formula is C26H21ClN4O2. The van der Waals surface area contributed by atoms with Gasteiger partial charge in [0.2, 0.25) is 5.88 Å². The van der Waals surface area contributed by atoms with Crippen molar-refractivity contribution in [3.8, 4) is 23.1 Å². The maximum Gasteiger partial charge on any atom is 0.237 e. The van der Waals surface area contributed by atoms with E-state index in [1.807, 2.05) is 54.6 Å². The number of ether oxygens (including phenoxy) is 2. The summed E-state index contributed by atoms with van der Waals surface area (Å²) in [6.07, 6.45) is 4.81. The lowest BCUT2D eigenvalue weighted by Crippen LogP contribution is -2.22. The van der Waals surface area contributed by atoms with Gasteiger partial charge >= 0.3 is 0 Å². The highest BCUT2D eigenvalue weighted by molar-refractivity contribution is 6.30. The van der Waals surface area contributed by atoms with E-state index >= 15 is 0 Å². The molecule has 164 valence electrons. The molecule has 1 atom stereocenters. The molecule has 2 heterocycles. The standard InChI is InChI=1S/C26H21ClN4O2/c1-18-30-16-25(19-3-2-4-24(15-19)33-26-17-28-13-14-29-26)31(18)21-7-11-23(12-8-21)32-22-9-5-20(27)6-10-22/h2-15,17,25,30H,1,16H2. The molecule has 6 nitrogen and oxygen atoms in total. The van der Waals surface area contributed by atoms with Gasteiger partial charge < -0.3 is 19.7 Å². The topological polar surface area (TPSA) is 59.5 Å². The van der Waals surface area contributed by atoms with Crippen LogP contribution in [0.4, 0.5) is 5.69 Å². The zero-order chi connectivity index (χ0) is 22.6. The molecule has 4 aromatic rings. The Morgan fingerprint density at radius 1 is 0.909 bits per heavy atom. The molecule has 0 spiro atoms. The molecule has 1 aromatic heterocycles. The van der Waals surface area contributed by atoms with Gasteiger partial charge in [0.25, 0.3) is 0 Å². The smallest absolute Gasteiger partial charge is 0.237 e. The summed E-state index contributed by atoms with van der Waals surface area (Å²) in [5.74, 6) is 3.48. The molecule has 0 saturated carbocycles. The van der Waals surface area contributed by atoms with E-state index in [0.717, 1.165) is 35.1 Å². The van der Waals surface area contributed by atoms with E-state index in [1.54, 1.807) is 30.7 Å². The van der Waals surface area contributed by atoms with Gasteiger partial charge in [-0.05, 0) is 66.2 Å². The van der Waals surface area contributed by atoms with Crippen LogP contribution in [-0.4, -0.2) is 16.5 Å². The summed E-state index contributed by atoms with van der Waals surface area (Å²) in [6.45, 7) is 4.93. The van der Waals surface area contributed by atoms with Crippen LogP contribution >= 0.6 is 11.6 Å². The molecule has 3 aromatic carbocycles. The van der Waals surface area contributed by atoms with Crippen LogP contribution in [-0.2, 0) is 0 Å². The molecule has 0 aliphatic carbocycles. The number of hydrogen-bond donors (Lipinski definition) is 1. The Balaban J connectivity index is 1.35. The monoisotopic (exact) mass is 456 g/mol. The van der Waals surface area contributed by atoms with E-state index in [2.05, 4.69) is 32.8 Å². The van der Waals surface area contributed by atoms with Crippen LogP contribution in [0, 0.1) is 0 Å². The van der Waals surface area contributed by atoms with Crippen molar-refractivity contribution in [1.82, 2.24) is 15.3 Å². The quantitative estimate of drug-likeness (QED) is 0.365. The minimum atomic E-state index is 0.0611. The fraction of sp³-hybridized carbons (Fsp3) is 0.0769. The van der Waals surface area contributed by atoms with Crippen molar-refractivity contribution >= 4 is 17.3 Å². The minimum Gasteiger partial charge on any atom is -0.457 e. The van der Waals surface area contributed by atoms with E-state index in [9.17, 15) is 0 Å². The zero-order valence-corrected chi connectivity index (χ0v) is 18.4. The highest BCUT2D eigenvalue weighted by Gasteiger charge is 2.29. The predicted molar refractivity (Wildman–Crippen MR) is 129 cm³/mol. The third kappa shape index (κ3) is 4.76. The molecule has 7 heteroatoms. The van der Waals surface area contributed by atoms with Crippen LogP contribution in [0.3, 0.4) is 0 Å². The second-order valence-electron chi connectivity index (χ2n) is 7.48. The SMILES string of the molecule is C=C1NCC(c2cccc(Oc3cnccn3)c2)N1c1ccc(Oc2ccc(Cl)cc2)cc1. The van der Waals surface area contributed by atoms with Gasteiger partial charge in [-0.1, -0.05) is 30.3 Å². The van der Waals surface area contributed by atoms with E-state index in [4.69, 9.17) is 21.1 Å². The lowest BCUT2D eigenvalue weighted by molar-refractivity contribution is 0.459. The average Bonchev–Trinajstić information content (AvgIpc) is 3.23. The van der Waals surface area contributed by atoms with Gasteiger partial charge in [0.05, 0.1) is 18.1 Å². The number of aromatic nitrogens is 2. The highest BCUT2D eigenvalue weighted by atomic mass is 35.5. The Morgan fingerprint density at radius 3 is 2.39 bits per heavy atom. The van der Waals surface area contributed by atoms with Gasteiger partial charge in [-0.3, -0.25) is 4.98 Å². The van der Waals surface area contributed by atoms with Crippen molar-refractivity contribution in [2.45, 2.75) is 6.04 Å². The number of nitrogens with zero attached hydrogens (tertiary/aromatic N) is 3. The maximum absolute atomic E-state index is 5.95. The number of benzene rings is 3. The van der Waals surface area contributed by atoms with Crippen molar-refractivity contribution in [2.75, 3.05) is 11.4 Å². The van der Waals surface area contributed by atoms with Gasteiger partial charge in [0, 0.05) is 29.6 Å². The van der Waals surface area contributed by atoms with Crippen molar-refractivity contribution in [3.63, 3.8) is 0 Å². The van der Waals surface area contributed by atoms with Crippen LogP contribution in [0.25, 0.3) is 0 Å². The molecule has 0 radical (unpaired) electrons. The summed E-state index contributed by atoms with van der Waals surface area (Å²) in [5, 5.41) is 4.05. The van der Waals surface area contributed by atoms with Crippen molar-refractivity contribution in [2.24, 2.45) is 0 Å². The van der Waals surface area contributed by atoms with E-state index in [1.165, 1.54) is 0 Å². The Labute approximate surface area is 197 Å². The molecular weight excluding hydrogens is 436 g/mol. The molecule has 1 unspecified atom stereocenters. The second-order valence-corrected chi connectivity index (χ2v) is 7.92. The van der Waals surface area contributed by atoms with Crippen molar-refractivity contribution < 1.29 is 9.47 Å². The van der Waals surface area contributed by atoms with Crippen LogP contribution in [0.2, 0.25) is 5.02 Å². The van der Waals surface area contributed by atoms with Crippen LogP contribution in [0.1, 0.15) is 11.6 Å². The lowest BCUT2D eigenvalue weighted by atomic mass is 10.1. The summed E-state index contributed by atoms with van der Waals surface area (Å²) in [7, 11) is 0. The van der Waals surface area contributed by atoms with Crippen LogP contribution in [0.5, 0.6) is 23.1 Å². The van der Waals surface area contributed by atoms with E-state index in [0.29, 0.717) is 16.7 Å². The molecule has 5 rings (SSSR count). The normalized spacial score (nSPS) is 15.2. The fourth-order valence-corrected chi connectivity index (χ4v) is 3.87. The van der Waals surface area contributed by atoms with Gasteiger partial charge in [0.1, 0.15) is 17.2 Å². The number of hydrogen-bond acceptors (Lipinski definition) is 6. The first-order valence-corrected chi connectivity index (χ1v) is 10.8. The molecule has 1 aliphatic rings. The summed E-state index contributed by atoms with van der Waals surface area (Å²) < 4.78 is 11.8. The number of nitrogens with one attached hydrogen (secondary N) is 1. The molecule has 1 N–H and O–H groups in total. The highest BCUT2D eigenvalue weighted by Crippen LogP contribution is 2.36. The zero-order valence-electron chi connectivity index (χ0n) is 17.7. The van der Waals surface area contributed by atoms with Gasteiger partial charge in [0.15, 0.2) is 0 Å². The van der Waals surface area contributed by atoms with Gasteiger partial charge in [-0.25, -0.2) is 4.98 Å². The minimum absolute atomic E-state index is 0.0611. The molecule has 1 aliphatic heterocycles. The molecule has 1 saturated heterocycles. The third-order valence-corrected chi connectivity index (χ3v) is 5.52. The van der Waals surface area contributed by atoms with Crippen molar-refractivity contribution in [1.29, 1.82) is 0 Å². The summed E-state index contributed by atoms with van der Waals surface area (Å²) in [5.41, 5.74) is 2.11. The molecule has 1 fully saturated rings. The predicted octanol–water partition coefficient (Wildman–Crippen LogP) is 6.34. The molecule has 33 heavy (non-hydrogen) atoms. The lowest BCUT2D eigenvalue weighted by Gasteiger charge is -2.26. The third-order valence-electron chi connectivity index (χ3n) is 5.27. The first kappa shape index (κ1) is 20.8. The Bertz CT molecular complexity index is 1250. The van der Waals surface area contributed by atoms with Crippen LogP contribution in [0.15, 0.2) is 104 Å². The second kappa shape index (κ2) is 9.22. The summed E-state index contributed by atoms with van der Waals surface area (Å²) in [6, 6.07) is 23.3. The number of halogens is 1. The van der Waals surface area contributed by atoms with E-state index < -0.39 is 0 Å². The molecule has 0 bridgehead atoms. The average molecular weight is 457 g/mol. The molecule has 0 amide bonds. The summed E-state index contributed by atoms with van der Waals surface area (Å²) >= 11 is 5.95. The fourth-order valence-electron chi connectivity index (χ4n) is 3.74. The maximum atomic E-state index is 5.95. The Hall–Kier alpha value is -4.03. The van der Waals surface area contributed by atoms with Gasteiger partial charge in [-0.15, -0.1) is 0 Å².